The maximum absolute atomic E-state index is 12.4. The highest BCUT2D eigenvalue weighted by molar-refractivity contribution is 5.94. The molecule has 0 fully saturated rings. The largest absolute Gasteiger partial charge is 0.480 e. The number of hydrogen-bond donors (Lipinski definition) is 8. The van der Waals surface area contributed by atoms with Gasteiger partial charge in [0.25, 0.3) is 0 Å². The van der Waals surface area contributed by atoms with Crippen LogP contribution in [0.2, 0.25) is 0 Å². The summed E-state index contributed by atoms with van der Waals surface area (Å²) >= 11 is 0. The molecule has 0 aliphatic heterocycles. The first-order valence-electron chi connectivity index (χ1n) is 8.37. The Balaban J connectivity index is 5.30. The average molecular weight is 405 g/mol. The third kappa shape index (κ3) is 8.75. The van der Waals surface area contributed by atoms with Crippen molar-refractivity contribution in [1.82, 2.24) is 16.0 Å². The molecule has 0 aliphatic rings. The van der Waals surface area contributed by atoms with Crippen molar-refractivity contribution >= 4 is 29.6 Å². The molecule has 13 nitrogen and oxygen atoms in total. The summed E-state index contributed by atoms with van der Waals surface area (Å²) in [6, 6.07) is -5.48. The predicted octanol–water partition coefficient (Wildman–Crippen LogP) is -4.49. The van der Waals surface area contributed by atoms with Gasteiger partial charge in [-0.15, -0.1) is 0 Å². The van der Waals surface area contributed by atoms with E-state index in [0.29, 0.717) is 0 Å². The van der Waals surface area contributed by atoms with Crippen LogP contribution in [0.3, 0.4) is 0 Å². The van der Waals surface area contributed by atoms with E-state index < -0.39 is 66.5 Å². The number of amides is 4. The van der Waals surface area contributed by atoms with Crippen LogP contribution < -0.4 is 27.4 Å². The molecular formula is C15H27N5O8. The van der Waals surface area contributed by atoms with Crippen molar-refractivity contribution in [2.75, 3.05) is 6.61 Å². The van der Waals surface area contributed by atoms with Gasteiger partial charge in [0.2, 0.25) is 23.6 Å². The fourth-order valence-electron chi connectivity index (χ4n) is 1.96. The fourth-order valence-corrected chi connectivity index (χ4v) is 1.96. The number of rotatable bonds is 12. The van der Waals surface area contributed by atoms with Gasteiger partial charge in [-0.2, -0.15) is 0 Å². The molecule has 0 aromatic heterocycles. The highest BCUT2D eigenvalue weighted by atomic mass is 16.4. The van der Waals surface area contributed by atoms with Crippen molar-refractivity contribution in [3.05, 3.63) is 0 Å². The zero-order valence-corrected chi connectivity index (χ0v) is 15.5. The van der Waals surface area contributed by atoms with E-state index in [2.05, 4.69) is 10.6 Å². The minimum atomic E-state index is -1.64. The monoisotopic (exact) mass is 405 g/mol. The summed E-state index contributed by atoms with van der Waals surface area (Å²) in [6.07, 6.45) is -1.89. The second kappa shape index (κ2) is 11.8. The van der Waals surface area contributed by atoms with Crippen molar-refractivity contribution in [3.8, 4) is 0 Å². The van der Waals surface area contributed by atoms with Crippen LogP contribution in [0, 0.1) is 0 Å². The quantitative estimate of drug-likeness (QED) is 0.156. The Labute approximate surface area is 160 Å². The number of primary amides is 1. The lowest BCUT2D eigenvalue weighted by molar-refractivity contribution is -0.144. The van der Waals surface area contributed by atoms with Crippen LogP contribution in [0.4, 0.5) is 0 Å². The molecule has 160 valence electrons. The summed E-state index contributed by atoms with van der Waals surface area (Å²) in [5.41, 5.74) is 10.5. The fraction of sp³-hybridized carbons (Fsp3) is 0.667. The lowest BCUT2D eigenvalue weighted by atomic mass is 10.1. The van der Waals surface area contributed by atoms with Gasteiger partial charge in [-0.05, 0) is 20.3 Å². The third-order valence-corrected chi connectivity index (χ3v) is 3.59. The summed E-state index contributed by atoms with van der Waals surface area (Å²) in [6.45, 7) is 1.62. The van der Waals surface area contributed by atoms with Crippen molar-refractivity contribution in [3.63, 3.8) is 0 Å². The second-order valence-corrected chi connectivity index (χ2v) is 6.16. The van der Waals surface area contributed by atoms with Crippen LogP contribution in [-0.2, 0) is 24.0 Å². The molecule has 5 unspecified atom stereocenters. The van der Waals surface area contributed by atoms with Gasteiger partial charge in [-0.25, -0.2) is 4.79 Å². The van der Waals surface area contributed by atoms with Crippen LogP contribution in [0.1, 0.15) is 26.7 Å². The number of nitrogens with one attached hydrogen (secondary N) is 3. The first-order chi connectivity index (χ1) is 12.9. The molecule has 5 atom stereocenters. The maximum Gasteiger partial charge on any atom is 0.328 e. The molecule has 28 heavy (non-hydrogen) atoms. The van der Waals surface area contributed by atoms with Gasteiger partial charge in [0.15, 0.2) is 0 Å². The maximum atomic E-state index is 12.4. The SMILES string of the molecule is CC(N)C(=O)NC(CCC(N)=O)C(=O)NC(C(=O)NC(CO)C(=O)O)C(C)O. The molecule has 0 rings (SSSR count). The molecule has 0 aromatic rings. The smallest absolute Gasteiger partial charge is 0.328 e. The van der Waals surface area contributed by atoms with Crippen LogP contribution in [0.5, 0.6) is 0 Å². The minimum Gasteiger partial charge on any atom is -0.480 e. The lowest BCUT2D eigenvalue weighted by Gasteiger charge is -2.26. The number of aliphatic hydroxyl groups is 2. The summed E-state index contributed by atoms with van der Waals surface area (Å²) in [5, 5.41) is 34.0. The molecule has 0 heterocycles. The van der Waals surface area contributed by atoms with E-state index in [1.807, 2.05) is 5.32 Å². The third-order valence-electron chi connectivity index (χ3n) is 3.59. The summed E-state index contributed by atoms with van der Waals surface area (Å²) in [5.74, 6) is -4.95. The van der Waals surface area contributed by atoms with Crippen LogP contribution in [0.15, 0.2) is 0 Å². The number of carbonyl (C=O) groups is 5. The summed E-state index contributed by atoms with van der Waals surface area (Å²) < 4.78 is 0. The standard InChI is InChI=1S/C15H27N5O8/c1-6(16)12(24)18-8(3-4-10(17)23)13(25)20-11(7(2)22)14(26)19-9(5-21)15(27)28/h6-9,11,21-22H,3-5,16H2,1-2H3,(H2,17,23)(H,18,24)(H,19,26)(H,20,25)(H,27,28). The van der Waals surface area contributed by atoms with E-state index >= 15 is 0 Å². The Hall–Kier alpha value is -2.77. The zero-order valence-electron chi connectivity index (χ0n) is 15.5. The molecule has 0 bridgehead atoms. The molecule has 10 N–H and O–H groups in total. The van der Waals surface area contributed by atoms with Gasteiger partial charge in [0.05, 0.1) is 18.8 Å². The Kier molecular flexibility index (Phi) is 10.7. The van der Waals surface area contributed by atoms with Crippen molar-refractivity contribution < 1.29 is 39.3 Å². The van der Waals surface area contributed by atoms with Gasteiger partial charge < -0.3 is 42.7 Å². The van der Waals surface area contributed by atoms with Crippen molar-refractivity contribution in [2.45, 2.75) is 57.0 Å². The highest BCUT2D eigenvalue weighted by Gasteiger charge is 2.32. The van der Waals surface area contributed by atoms with E-state index in [1.165, 1.54) is 6.92 Å². The van der Waals surface area contributed by atoms with E-state index in [-0.39, 0.29) is 12.8 Å². The highest BCUT2D eigenvalue weighted by Crippen LogP contribution is 2.02. The number of carboxylic acid groups (broad SMARTS) is 1. The normalized spacial score (nSPS) is 16.0. The van der Waals surface area contributed by atoms with E-state index in [9.17, 15) is 29.1 Å². The topological polar surface area (TPSA) is 234 Å². The van der Waals surface area contributed by atoms with E-state index in [1.54, 1.807) is 0 Å². The van der Waals surface area contributed by atoms with Gasteiger partial charge in [0, 0.05) is 6.42 Å². The predicted molar refractivity (Wildman–Crippen MR) is 94.3 cm³/mol. The van der Waals surface area contributed by atoms with Crippen molar-refractivity contribution in [1.29, 1.82) is 0 Å². The lowest BCUT2D eigenvalue weighted by Crippen LogP contribution is -2.60. The number of carbonyl (C=O) groups excluding carboxylic acids is 4. The molecule has 0 saturated carbocycles. The molecule has 0 spiro atoms. The Bertz CT molecular complexity index is 595. The van der Waals surface area contributed by atoms with Crippen LogP contribution in [-0.4, -0.2) is 81.8 Å². The van der Waals surface area contributed by atoms with Gasteiger partial charge in [-0.3, -0.25) is 19.2 Å². The number of aliphatic hydroxyl groups excluding tert-OH is 2. The summed E-state index contributed by atoms with van der Waals surface area (Å²) in [7, 11) is 0. The Morgan fingerprint density at radius 2 is 1.46 bits per heavy atom. The van der Waals surface area contributed by atoms with Gasteiger partial charge in [-0.1, -0.05) is 0 Å². The molecule has 4 amide bonds. The number of hydrogen-bond acceptors (Lipinski definition) is 8. The van der Waals surface area contributed by atoms with E-state index in [4.69, 9.17) is 21.7 Å². The zero-order chi connectivity index (χ0) is 22.0. The molecule has 0 aromatic carbocycles. The van der Waals surface area contributed by atoms with Crippen molar-refractivity contribution in [2.24, 2.45) is 11.5 Å². The second-order valence-electron chi connectivity index (χ2n) is 6.16. The molecule has 0 radical (unpaired) electrons. The molecule has 0 aliphatic carbocycles. The molecular weight excluding hydrogens is 378 g/mol. The minimum absolute atomic E-state index is 0.192. The summed E-state index contributed by atoms with van der Waals surface area (Å²) in [4.78, 5) is 58.2. The number of nitrogens with two attached hydrogens (primary N) is 2. The number of carboxylic acids is 1. The molecule has 13 heteroatoms. The number of aliphatic carboxylic acids is 1. The van der Waals surface area contributed by atoms with Crippen LogP contribution in [0.25, 0.3) is 0 Å². The first kappa shape index (κ1) is 25.2. The van der Waals surface area contributed by atoms with Gasteiger partial charge >= 0.3 is 5.97 Å². The molecule has 0 saturated heterocycles. The average Bonchev–Trinajstić information content (AvgIpc) is 2.59. The first-order valence-corrected chi connectivity index (χ1v) is 8.37. The van der Waals surface area contributed by atoms with Gasteiger partial charge in [0.1, 0.15) is 18.1 Å². The van der Waals surface area contributed by atoms with Crippen LogP contribution >= 0.6 is 0 Å². The van der Waals surface area contributed by atoms with E-state index in [0.717, 1.165) is 6.92 Å². The Morgan fingerprint density at radius 1 is 0.929 bits per heavy atom. The Morgan fingerprint density at radius 3 is 1.86 bits per heavy atom.